The molecule has 3 N–H and O–H groups in total. The number of rotatable bonds is 2. The van der Waals surface area contributed by atoms with Crippen molar-refractivity contribution in [3.8, 4) is 5.75 Å². The second-order valence-corrected chi connectivity index (χ2v) is 3.77. The summed E-state index contributed by atoms with van der Waals surface area (Å²) >= 11 is 6.01. The molecule has 0 radical (unpaired) electrons. The molecule has 2 nitrogen and oxygen atoms in total. The van der Waals surface area contributed by atoms with Crippen LogP contribution in [0.4, 0.5) is 0 Å². The zero-order valence-electron chi connectivity index (χ0n) is 7.84. The lowest BCUT2D eigenvalue weighted by Crippen LogP contribution is -1.98. The number of nitrogens with two attached hydrogens (primary N) is 1. The second kappa shape index (κ2) is 3.99. The van der Waals surface area contributed by atoms with Crippen molar-refractivity contribution >= 4 is 11.6 Å². The Bertz CT molecular complexity index is 310. The number of hydrogen-bond acceptors (Lipinski definition) is 2. The molecule has 0 aliphatic rings. The van der Waals surface area contributed by atoms with Crippen LogP contribution in [-0.2, 0) is 6.54 Å². The zero-order valence-corrected chi connectivity index (χ0v) is 8.60. The van der Waals surface area contributed by atoms with Gasteiger partial charge in [-0.05, 0) is 23.6 Å². The number of halogens is 1. The summed E-state index contributed by atoms with van der Waals surface area (Å²) in [5.41, 5.74) is 7.07. The molecule has 0 atom stereocenters. The maximum atomic E-state index is 9.53. The van der Waals surface area contributed by atoms with E-state index in [9.17, 15) is 5.11 Å². The van der Waals surface area contributed by atoms with Crippen molar-refractivity contribution < 1.29 is 5.11 Å². The lowest BCUT2D eigenvalue weighted by atomic mass is 10.0. The van der Waals surface area contributed by atoms with Crippen LogP contribution in [-0.4, -0.2) is 5.11 Å². The first kappa shape index (κ1) is 10.4. The van der Waals surface area contributed by atoms with Crippen molar-refractivity contribution in [1.29, 1.82) is 0 Å². The normalized spacial score (nSPS) is 10.8. The summed E-state index contributed by atoms with van der Waals surface area (Å²) in [6, 6.07) is 3.42. The third kappa shape index (κ3) is 2.14. The van der Waals surface area contributed by atoms with E-state index in [1.165, 1.54) is 0 Å². The van der Waals surface area contributed by atoms with Crippen LogP contribution in [0.2, 0.25) is 5.02 Å². The summed E-state index contributed by atoms with van der Waals surface area (Å²) in [4.78, 5) is 0. The van der Waals surface area contributed by atoms with E-state index >= 15 is 0 Å². The van der Waals surface area contributed by atoms with Gasteiger partial charge in [0.1, 0.15) is 5.75 Å². The Kier molecular flexibility index (Phi) is 3.17. The third-order valence-electron chi connectivity index (χ3n) is 2.04. The minimum absolute atomic E-state index is 0.232. The van der Waals surface area contributed by atoms with Gasteiger partial charge in [0, 0.05) is 17.1 Å². The lowest BCUT2D eigenvalue weighted by molar-refractivity contribution is 0.467. The molecule has 1 rings (SSSR count). The number of aromatic hydroxyl groups is 1. The van der Waals surface area contributed by atoms with Crippen LogP contribution in [0.1, 0.15) is 30.9 Å². The largest absolute Gasteiger partial charge is 0.508 e. The smallest absolute Gasteiger partial charge is 0.120 e. The Balaban J connectivity index is 3.20. The first-order valence-corrected chi connectivity index (χ1v) is 4.65. The molecular formula is C10H14ClNO. The van der Waals surface area contributed by atoms with Crippen molar-refractivity contribution in [3.63, 3.8) is 0 Å². The van der Waals surface area contributed by atoms with Gasteiger partial charge in [-0.3, -0.25) is 0 Å². The average molecular weight is 200 g/mol. The van der Waals surface area contributed by atoms with Gasteiger partial charge in [-0.25, -0.2) is 0 Å². The van der Waals surface area contributed by atoms with Gasteiger partial charge in [0.2, 0.25) is 0 Å². The topological polar surface area (TPSA) is 46.2 Å². The number of phenols is 1. The van der Waals surface area contributed by atoms with E-state index in [0.29, 0.717) is 23.0 Å². The van der Waals surface area contributed by atoms with Gasteiger partial charge in [0.25, 0.3) is 0 Å². The van der Waals surface area contributed by atoms with Crippen LogP contribution >= 0.6 is 11.6 Å². The van der Waals surface area contributed by atoms with Gasteiger partial charge in [-0.15, -0.1) is 0 Å². The fourth-order valence-electron chi connectivity index (χ4n) is 1.23. The Labute approximate surface area is 83.3 Å². The molecular weight excluding hydrogens is 186 g/mol. The van der Waals surface area contributed by atoms with Crippen molar-refractivity contribution in [2.75, 3.05) is 0 Å². The lowest BCUT2D eigenvalue weighted by Gasteiger charge is -2.11. The molecule has 0 bridgehead atoms. The van der Waals surface area contributed by atoms with E-state index < -0.39 is 0 Å². The average Bonchev–Trinajstić information content (AvgIpc) is 2.07. The molecule has 72 valence electrons. The van der Waals surface area contributed by atoms with Gasteiger partial charge in [-0.2, -0.15) is 0 Å². The van der Waals surface area contributed by atoms with Gasteiger partial charge in [0.15, 0.2) is 0 Å². The molecule has 3 heteroatoms. The Hall–Kier alpha value is -0.730. The molecule has 0 spiro atoms. The molecule has 0 aromatic heterocycles. The molecule has 0 heterocycles. The van der Waals surface area contributed by atoms with Crippen LogP contribution in [0.5, 0.6) is 5.75 Å². The van der Waals surface area contributed by atoms with Gasteiger partial charge in [-0.1, -0.05) is 25.4 Å². The van der Waals surface area contributed by atoms with E-state index in [2.05, 4.69) is 0 Å². The standard InChI is InChI=1S/C10H14ClNO/c1-6(2)8-4-10(13)7(5-12)3-9(8)11/h3-4,6,13H,5,12H2,1-2H3. The molecule has 1 aromatic carbocycles. The van der Waals surface area contributed by atoms with E-state index in [4.69, 9.17) is 17.3 Å². The first-order chi connectivity index (χ1) is 6.06. The molecule has 0 saturated heterocycles. The monoisotopic (exact) mass is 199 g/mol. The highest BCUT2D eigenvalue weighted by atomic mass is 35.5. The SMILES string of the molecule is CC(C)c1cc(O)c(CN)cc1Cl. The Morgan fingerprint density at radius 2 is 2.08 bits per heavy atom. The highest BCUT2D eigenvalue weighted by Crippen LogP contribution is 2.30. The number of hydrogen-bond donors (Lipinski definition) is 2. The minimum Gasteiger partial charge on any atom is -0.508 e. The highest BCUT2D eigenvalue weighted by molar-refractivity contribution is 6.31. The molecule has 0 aliphatic carbocycles. The van der Waals surface area contributed by atoms with E-state index in [1.807, 2.05) is 13.8 Å². The highest BCUT2D eigenvalue weighted by Gasteiger charge is 2.09. The Morgan fingerprint density at radius 3 is 2.54 bits per heavy atom. The van der Waals surface area contributed by atoms with Crippen LogP contribution in [0.3, 0.4) is 0 Å². The van der Waals surface area contributed by atoms with E-state index in [-0.39, 0.29) is 5.75 Å². The van der Waals surface area contributed by atoms with Gasteiger partial charge >= 0.3 is 0 Å². The van der Waals surface area contributed by atoms with Crippen LogP contribution < -0.4 is 5.73 Å². The molecule has 0 fully saturated rings. The summed E-state index contributed by atoms with van der Waals surface area (Å²) in [6.45, 7) is 4.37. The zero-order chi connectivity index (χ0) is 10.0. The fraction of sp³-hybridized carbons (Fsp3) is 0.400. The number of phenolic OH excluding ortho intramolecular Hbond substituents is 1. The molecule has 1 aromatic rings. The maximum absolute atomic E-state index is 9.53. The molecule has 0 amide bonds. The Morgan fingerprint density at radius 1 is 1.46 bits per heavy atom. The second-order valence-electron chi connectivity index (χ2n) is 3.36. The summed E-state index contributed by atoms with van der Waals surface area (Å²) < 4.78 is 0. The van der Waals surface area contributed by atoms with Crippen molar-refractivity contribution in [2.24, 2.45) is 5.73 Å². The minimum atomic E-state index is 0.232. The van der Waals surface area contributed by atoms with Crippen LogP contribution in [0, 0.1) is 0 Å². The molecule has 0 aliphatic heterocycles. The molecule has 13 heavy (non-hydrogen) atoms. The van der Waals surface area contributed by atoms with Gasteiger partial charge < -0.3 is 10.8 Å². The van der Waals surface area contributed by atoms with E-state index in [0.717, 1.165) is 5.56 Å². The number of benzene rings is 1. The summed E-state index contributed by atoms with van der Waals surface area (Å²) in [5, 5.41) is 10.2. The maximum Gasteiger partial charge on any atom is 0.120 e. The third-order valence-corrected chi connectivity index (χ3v) is 2.37. The fourth-order valence-corrected chi connectivity index (χ4v) is 1.63. The van der Waals surface area contributed by atoms with Crippen molar-refractivity contribution in [1.82, 2.24) is 0 Å². The summed E-state index contributed by atoms with van der Waals surface area (Å²) in [6.07, 6.45) is 0. The van der Waals surface area contributed by atoms with Gasteiger partial charge in [0.05, 0.1) is 0 Å². The first-order valence-electron chi connectivity index (χ1n) is 4.27. The summed E-state index contributed by atoms with van der Waals surface area (Å²) in [7, 11) is 0. The van der Waals surface area contributed by atoms with Crippen LogP contribution in [0.25, 0.3) is 0 Å². The van der Waals surface area contributed by atoms with Crippen molar-refractivity contribution in [2.45, 2.75) is 26.3 Å². The molecule has 0 saturated carbocycles. The predicted octanol–water partition coefficient (Wildman–Crippen LogP) is 2.63. The van der Waals surface area contributed by atoms with Crippen LogP contribution in [0.15, 0.2) is 12.1 Å². The molecule has 0 unspecified atom stereocenters. The predicted molar refractivity (Wildman–Crippen MR) is 55.1 cm³/mol. The quantitative estimate of drug-likeness (QED) is 0.769. The van der Waals surface area contributed by atoms with E-state index in [1.54, 1.807) is 12.1 Å². The summed E-state index contributed by atoms with van der Waals surface area (Å²) in [5.74, 6) is 0.542. The van der Waals surface area contributed by atoms with Crippen molar-refractivity contribution in [3.05, 3.63) is 28.3 Å².